The monoisotopic (exact) mass is 199 g/mol. The third kappa shape index (κ3) is 1.55. The van der Waals surface area contributed by atoms with Crippen LogP contribution in [0.2, 0.25) is 0 Å². The molecule has 0 atom stereocenters. The van der Waals surface area contributed by atoms with E-state index in [1.165, 1.54) is 6.20 Å². The second-order valence-corrected chi connectivity index (χ2v) is 3.26. The average Bonchev–Trinajstić information content (AvgIpc) is 2.61. The molecule has 1 aromatic heterocycles. The molecular formula is C11H9N3O. The molecule has 0 aliphatic rings. The Kier molecular flexibility index (Phi) is 2.14. The lowest BCUT2D eigenvalue weighted by Crippen LogP contribution is -1.96. The zero-order valence-corrected chi connectivity index (χ0v) is 8.18. The van der Waals surface area contributed by atoms with E-state index in [9.17, 15) is 5.21 Å². The van der Waals surface area contributed by atoms with Gasteiger partial charge in [0.1, 0.15) is 11.8 Å². The first-order chi connectivity index (χ1) is 7.22. The maximum Gasteiger partial charge on any atom is 0.246 e. The van der Waals surface area contributed by atoms with E-state index in [1.54, 1.807) is 6.07 Å². The Hall–Kier alpha value is -2.28. The smallest absolute Gasteiger partial charge is 0.246 e. The molecule has 2 aromatic rings. The predicted molar refractivity (Wildman–Crippen MR) is 54.3 cm³/mol. The fourth-order valence-electron chi connectivity index (χ4n) is 1.34. The van der Waals surface area contributed by atoms with E-state index < -0.39 is 0 Å². The predicted octanol–water partition coefficient (Wildman–Crippen LogP) is 1.97. The van der Waals surface area contributed by atoms with Gasteiger partial charge in [0.05, 0.1) is 6.20 Å². The maximum absolute atomic E-state index is 9.58. The van der Waals surface area contributed by atoms with Crippen LogP contribution in [0.3, 0.4) is 0 Å². The van der Waals surface area contributed by atoms with Gasteiger partial charge in [-0.25, -0.2) is 4.98 Å². The lowest BCUT2D eigenvalue weighted by molar-refractivity contribution is 0.187. The number of hydrogen-bond donors (Lipinski definition) is 1. The summed E-state index contributed by atoms with van der Waals surface area (Å²) in [4.78, 5) is 3.78. The summed E-state index contributed by atoms with van der Waals surface area (Å²) < 4.78 is 0.796. The van der Waals surface area contributed by atoms with Crippen LogP contribution in [0.25, 0.3) is 11.3 Å². The van der Waals surface area contributed by atoms with E-state index in [0.717, 1.165) is 15.9 Å². The summed E-state index contributed by atoms with van der Waals surface area (Å²) in [6, 6.07) is 9.43. The van der Waals surface area contributed by atoms with Gasteiger partial charge in [0.2, 0.25) is 5.82 Å². The summed E-state index contributed by atoms with van der Waals surface area (Å²) in [5.41, 5.74) is 2.49. The zero-order chi connectivity index (χ0) is 10.8. The van der Waals surface area contributed by atoms with Crippen LogP contribution in [0.15, 0.2) is 30.5 Å². The summed E-state index contributed by atoms with van der Waals surface area (Å²) in [6.07, 6.45) is 1.48. The molecule has 0 radical (unpaired) electrons. The summed E-state index contributed by atoms with van der Waals surface area (Å²) in [6.45, 7) is 1.99. The molecule has 0 amide bonds. The first-order valence-corrected chi connectivity index (χ1v) is 4.46. The second-order valence-electron chi connectivity index (χ2n) is 3.26. The topological polar surface area (TPSA) is 61.8 Å². The molecule has 0 bridgehead atoms. The molecule has 0 aliphatic carbocycles. The molecule has 1 N–H and O–H groups in total. The molecule has 0 saturated heterocycles. The van der Waals surface area contributed by atoms with Crippen molar-refractivity contribution >= 4 is 0 Å². The number of nitrogens with zero attached hydrogens (tertiary/aromatic N) is 3. The van der Waals surface area contributed by atoms with E-state index in [-0.39, 0.29) is 5.82 Å². The summed E-state index contributed by atoms with van der Waals surface area (Å²) in [7, 11) is 0. The van der Waals surface area contributed by atoms with Crippen LogP contribution in [0, 0.1) is 18.3 Å². The molecule has 1 heterocycles. The number of rotatable bonds is 1. The molecule has 4 heteroatoms. The fraction of sp³-hybridized carbons (Fsp3) is 0.0909. The van der Waals surface area contributed by atoms with Crippen molar-refractivity contribution < 1.29 is 5.21 Å². The highest BCUT2D eigenvalue weighted by molar-refractivity contribution is 5.59. The van der Waals surface area contributed by atoms with Crippen LogP contribution in [0.4, 0.5) is 0 Å². The van der Waals surface area contributed by atoms with Crippen molar-refractivity contribution in [2.45, 2.75) is 6.92 Å². The number of aryl methyl sites for hydroxylation is 1. The van der Waals surface area contributed by atoms with E-state index in [0.29, 0.717) is 5.69 Å². The van der Waals surface area contributed by atoms with Crippen LogP contribution < -0.4 is 0 Å². The number of hydrogen-bond acceptors (Lipinski definition) is 3. The van der Waals surface area contributed by atoms with Crippen molar-refractivity contribution in [1.29, 1.82) is 5.26 Å². The van der Waals surface area contributed by atoms with Gasteiger partial charge in [-0.1, -0.05) is 29.8 Å². The number of aromatic nitrogens is 2. The van der Waals surface area contributed by atoms with Crippen LogP contribution in [-0.4, -0.2) is 14.9 Å². The Labute approximate surface area is 87.0 Å². The molecule has 0 unspecified atom stereocenters. The van der Waals surface area contributed by atoms with Gasteiger partial charge in [0.25, 0.3) is 0 Å². The second kappa shape index (κ2) is 3.46. The van der Waals surface area contributed by atoms with Gasteiger partial charge in [-0.3, -0.25) is 0 Å². The molecule has 15 heavy (non-hydrogen) atoms. The summed E-state index contributed by atoms with van der Waals surface area (Å²) in [5.74, 6) is -0.00873. The fourth-order valence-corrected chi connectivity index (χ4v) is 1.34. The SMILES string of the molecule is Cc1ccc(-c2cnc(C#N)n2O)cc1. The molecule has 0 fully saturated rings. The largest absolute Gasteiger partial charge is 0.426 e. The Morgan fingerprint density at radius 2 is 2.00 bits per heavy atom. The molecule has 2 rings (SSSR count). The Balaban J connectivity index is 2.51. The van der Waals surface area contributed by atoms with Crippen LogP contribution in [-0.2, 0) is 0 Å². The van der Waals surface area contributed by atoms with Gasteiger partial charge in [0, 0.05) is 5.56 Å². The first kappa shape index (κ1) is 9.28. The van der Waals surface area contributed by atoms with E-state index in [2.05, 4.69) is 4.98 Å². The van der Waals surface area contributed by atoms with Gasteiger partial charge >= 0.3 is 0 Å². The highest BCUT2D eigenvalue weighted by Crippen LogP contribution is 2.19. The first-order valence-electron chi connectivity index (χ1n) is 4.46. The van der Waals surface area contributed by atoms with Gasteiger partial charge < -0.3 is 5.21 Å². The molecule has 1 aromatic carbocycles. The van der Waals surface area contributed by atoms with Crippen molar-refractivity contribution in [3.63, 3.8) is 0 Å². The molecule has 4 nitrogen and oxygen atoms in total. The Morgan fingerprint density at radius 3 is 2.53 bits per heavy atom. The Morgan fingerprint density at radius 1 is 1.33 bits per heavy atom. The van der Waals surface area contributed by atoms with Crippen molar-refractivity contribution in [3.8, 4) is 17.3 Å². The van der Waals surface area contributed by atoms with Gasteiger partial charge in [-0.2, -0.15) is 9.99 Å². The van der Waals surface area contributed by atoms with Crippen molar-refractivity contribution in [2.24, 2.45) is 0 Å². The highest BCUT2D eigenvalue weighted by atomic mass is 16.5. The number of imidazole rings is 1. The standard InChI is InChI=1S/C11H9N3O/c1-8-2-4-9(5-3-8)10-7-13-11(6-12)14(10)15/h2-5,7,15H,1H3. The summed E-state index contributed by atoms with van der Waals surface area (Å²) >= 11 is 0. The third-order valence-corrected chi connectivity index (χ3v) is 2.19. The van der Waals surface area contributed by atoms with Crippen LogP contribution in [0.5, 0.6) is 0 Å². The molecule has 0 saturated carbocycles. The zero-order valence-electron chi connectivity index (χ0n) is 8.18. The number of benzene rings is 1. The lowest BCUT2D eigenvalue weighted by atomic mass is 10.1. The minimum atomic E-state index is -0.00873. The normalized spacial score (nSPS) is 9.87. The highest BCUT2D eigenvalue weighted by Gasteiger charge is 2.09. The van der Waals surface area contributed by atoms with Crippen LogP contribution >= 0.6 is 0 Å². The minimum absolute atomic E-state index is 0.00873. The third-order valence-electron chi connectivity index (χ3n) is 2.19. The lowest BCUT2D eigenvalue weighted by Gasteiger charge is -2.01. The van der Waals surface area contributed by atoms with Gasteiger partial charge in [0.15, 0.2) is 0 Å². The van der Waals surface area contributed by atoms with Gasteiger partial charge in [-0.15, -0.1) is 0 Å². The van der Waals surface area contributed by atoms with E-state index in [4.69, 9.17) is 5.26 Å². The molecule has 0 aliphatic heterocycles. The molecular weight excluding hydrogens is 190 g/mol. The summed E-state index contributed by atoms with van der Waals surface area (Å²) in [5, 5.41) is 18.2. The maximum atomic E-state index is 9.58. The van der Waals surface area contributed by atoms with Crippen molar-refractivity contribution in [2.75, 3.05) is 0 Å². The number of nitriles is 1. The van der Waals surface area contributed by atoms with Crippen molar-refractivity contribution in [3.05, 3.63) is 41.9 Å². The van der Waals surface area contributed by atoms with Crippen LogP contribution in [0.1, 0.15) is 11.4 Å². The van der Waals surface area contributed by atoms with Gasteiger partial charge in [-0.05, 0) is 6.92 Å². The minimum Gasteiger partial charge on any atom is -0.426 e. The van der Waals surface area contributed by atoms with Crippen molar-refractivity contribution in [1.82, 2.24) is 9.71 Å². The quantitative estimate of drug-likeness (QED) is 0.714. The molecule has 74 valence electrons. The van der Waals surface area contributed by atoms with E-state index >= 15 is 0 Å². The molecule has 0 spiro atoms. The average molecular weight is 199 g/mol. The van der Waals surface area contributed by atoms with E-state index in [1.807, 2.05) is 31.2 Å². The Bertz CT molecular complexity index is 520.